The third-order valence-corrected chi connectivity index (χ3v) is 2.44. The molecule has 0 aliphatic heterocycles. The normalized spacial score (nSPS) is 11.2. The first kappa shape index (κ1) is 14.4. The Morgan fingerprint density at radius 3 is 2.11 bits per heavy atom. The highest BCUT2D eigenvalue weighted by atomic mass is 16.5. The number of amides is 1. The van der Waals surface area contributed by atoms with Crippen molar-refractivity contribution in [3.63, 3.8) is 0 Å². The molecule has 0 aliphatic rings. The lowest BCUT2D eigenvalue weighted by molar-refractivity contribution is -0.123. The van der Waals surface area contributed by atoms with Gasteiger partial charge in [-0.1, -0.05) is 20.8 Å². The first-order chi connectivity index (χ1) is 8.25. The summed E-state index contributed by atoms with van der Waals surface area (Å²) in [6.07, 6.45) is 0. The molecule has 1 rings (SSSR count). The maximum Gasteiger partial charge on any atom is 0.316 e. The van der Waals surface area contributed by atoms with Crippen molar-refractivity contribution in [1.29, 1.82) is 0 Å². The molecule has 0 spiro atoms. The molecule has 100 valence electrons. The minimum Gasteiger partial charge on any atom is -0.464 e. The summed E-state index contributed by atoms with van der Waals surface area (Å²) in [6.45, 7) is 11.6. The van der Waals surface area contributed by atoms with Crippen LogP contribution in [-0.4, -0.2) is 22.5 Å². The number of ether oxygens (including phenoxy) is 1. The van der Waals surface area contributed by atoms with Gasteiger partial charge in [0.25, 0.3) is 0 Å². The van der Waals surface area contributed by atoms with Crippen molar-refractivity contribution < 1.29 is 9.53 Å². The fourth-order valence-electron chi connectivity index (χ4n) is 1.36. The zero-order chi connectivity index (χ0) is 13.9. The molecule has 1 aromatic heterocycles. The second kappa shape index (κ2) is 5.33. The molecule has 1 N–H and O–H groups in total. The molecule has 18 heavy (non-hydrogen) atoms. The van der Waals surface area contributed by atoms with Crippen LogP contribution in [0.3, 0.4) is 0 Å². The Balaban J connectivity index is 3.01. The number of rotatable bonds is 3. The Hall–Kier alpha value is -1.65. The number of aryl methyl sites for hydroxylation is 2. The summed E-state index contributed by atoms with van der Waals surface area (Å²) in [5.74, 6) is -0.0542. The number of hydrogen-bond donors (Lipinski definition) is 1. The lowest BCUT2D eigenvalue weighted by atomic mass is 9.95. The molecule has 5 heteroatoms. The van der Waals surface area contributed by atoms with Crippen LogP contribution in [0.2, 0.25) is 0 Å². The summed E-state index contributed by atoms with van der Waals surface area (Å²) in [5, 5.41) is 2.87. The summed E-state index contributed by atoms with van der Waals surface area (Å²) in [4.78, 5) is 20.4. The van der Waals surface area contributed by atoms with Crippen LogP contribution in [0.25, 0.3) is 0 Å². The molecular weight excluding hydrogens is 230 g/mol. The van der Waals surface area contributed by atoms with E-state index in [-0.39, 0.29) is 5.91 Å². The molecule has 0 radical (unpaired) electrons. The maximum absolute atomic E-state index is 12.0. The van der Waals surface area contributed by atoms with Gasteiger partial charge in [-0.25, -0.2) is 0 Å². The van der Waals surface area contributed by atoms with E-state index < -0.39 is 5.41 Å². The number of hydrogen-bond acceptors (Lipinski definition) is 4. The monoisotopic (exact) mass is 251 g/mol. The minimum atomic E-state index is -0.447. The van der Waals surface area contributed by atoms with E-state index in [0.29, 0.717) is 29.7 Å². The smallest absolute Gasteiger partial charge is 0.316 e. The Labute approximate surface area is 108 Å². The van der Waals surface area contributed by atoms with E-state index in [4.69, 9.17) is 4.74 Å². The lowest BCUT2D eigenvalue weighted by Gasteiger charge is -2.19. The van der Waals surface area contributed by atoms with Crippen molar-refractivity contribution in [3.8, 4) is 6.01 Å². The van der Waals surface area contributed by atoms with Gasteiger partial charge in [-0.15, -0.1) is 0 Å². The second-order valence-electron chi connectivity index (χ2n) is 5.19. The van der Waals surface area contributed by atoms with Crippen LogP contribution in [0.4, 0.5) is 5.69 Å². The number of aromatic nitrogens is 2. The van der Waals surface area contributed by atoms with Gasteiger partial charge in [0, 0.05) is 5.41 Å². The molecule has 0 aliphatic carbocycles. The molecule has 0 atom stereocenters. The number of anilines is 1. The molecule has 1 heterocycles. The SMILES string of the molecule is CCOc1nc(C)c(NC(=O)C(C)(C)C)c(C)n1. The van der Waals surface area contributed by atoms with Crippen molar-refractivity contribution in [2.45, 2.75) is 41.5 Å². The highest BCUT2D eigenvalue weighted by Crippen LogP contribution is 2.23. The van der Waals surface area contributed by atoms with Crippen LogP contribution in [0.1, 0.15) is 39.1 Å². The largest absolute Gasteiger partial charge is 0.464 e. The fraction of sp³-hybridized carbons (Fsp3) is 0.615. The molecule has 0 saturated heterocycles. The van der Waals surface area contributed by atoms with E-state index in [9.17, 15) is 4.79 Å². The van der Waals surface area contributed by atoms with Gasteiger partial charge in [-0.2, -0.15) is 9.97 Å². The predicted molar refractivity (Wildman–Crippen MR) is 70.8 cm³/mol. The molecule has 0 aromatic carbocycles. The van der Waals surface area contributed by atoms with Crippen molar-refractivity contribution in [1.82, 2.24) is 9.97 Å². The summed E-state index contributed by atoms with van der Waals surface area (Å²) < 4.78 is 5.26. The molecule has 0 saturated carbocycles. The standard InChI is InChI=1S/C13H21N3O2/c1-7-18-12-14-8(2)10(9(3)15-12)16-11(17)13(4,5)6/h7H2,1-6H3,(H,16,17). The maximum atomic E-state index is 12.0. The van der Waals surface area contributed by atoms with Gasteiger partial charge in [0.15, 0.2) is 0 Å². The van der Waals surface area contributed by atoms with Crippen LogP contribution < -0.4 is 10.1 Å². The van der Waals surface area contributed by atoms with Crippen LogP contribution in [-0.2, 0) is 4.79 Å². The van der Waals surface area contributed by atoms with Crippen LogP contribution in [0.15, 0.2) is 0 Å². The minimum absolute atomic E-state index is 0.0542. The molecule has 0 bridgehead atoms. The van der Waals surface area contributed by atoms with Crippen molar-refractivity contribution in [2.75, 3.05) is 11.9 Å². The zero-order valence-corrected chi connectivity index (χ0v) is 11.9. The lowest BCUT2D eigenvalue weighted by Crippen LogP contribution is -2.28. The number of nitrogens with zero attached hydrogens (tertiary/aromatic N) is 2. The van der Waals surface area contributed by atoms with Crippen molar-refractivity contribution >= 4 is 11.6 Å². The van der Waals surface area contributed by atoms with E-state index in [0.717, 1.165) is 0 Å². The second-order valence-corrected chi connectivity index (χ2v) is 5.19. The van der Waals surface area contributed by atoms with E-state index >= 15 is 0 Å². The molecule has 1 amide bonds. The summed E-state index contributed by atoms with van der Waals surface area (Å²) in [5.41, 5.74) is 1.64. The third kappa shape index (κ3) is 3.42. The van der Waals surface area contributed by atoms with Crippen molar-refractivity contribution in [3.05, 3.63) is 11.4 Å². The van der Waals surface area contributed by atoms with E-state index in [1.807, 2.05) is 41.5 Å². The topological polar surface area (TPSA) is 64.1 Å². The van der Waals surface area contributed by atoms with E-state index in [1.165, 1.54) is 0 Å². The third-order valence-electron chi connectivity index (χ3n) is 2.44. The quantitative estimate of drug-likeness (QED) is 0.896. The van der Waals surface area contributed by atoms with E-state index in [1.54, 1.807) is 0 Å². The first-order valence-electron chi connectivity index (χ1n) is 6.05. The highest BCUT2D eigenvalue weighted by Gasteiger charge is 2.23. The van der Waals surface area contributed by atoms with Gasteiger partial charge in [0.2, 0.25) is 5.91 Å². The Bertz CT molecular complexity index is 427. The molecule has 1 aromatic rings. The van der Waals surface area contributed by atoms with Gasteiger partial charge in [0.05, 0.1) is 23.7 Å². The van der Waals surface area contributed by atoms with Gasteiger partial charge >= 0.3 is 6.01 Å². The molecular formula is C13H21N3O2. The van der Waals surface area contributed by atoms with Gasteiger partial charge < -0.3 is 10.1 Å². The fourth-order valence-corrected chi connectivity index (χ4v) is 1.36. The Kier molecular flexibility index (Phi) is 4.27. The van der Waals surface area contributed by atoms with Crippen LogP contribution in [0.5, 0.6) is 6.01 Å². The first-order valence-corrected chi connectivity index (χ1v) is 6.05. The van der Waals surface area contributed by atoms with Gasteiger partial charge in [0.1, 0.15) is 0 Å². The number of carbonyl (C=O) groups is 1. The highest BCUT2D eigenvalue weighted by molar-refractivity contribution is 5.95. The van der Waals surface area contributed by atoms with Gasteiger partial charge in [-0.05, 0) is 20.8 Å². The van der Waals surface area contributed by atoms with Crippen LogP contribution >= 0.6 is 0 Å². The Morgan fingerprint density at radius 2 is 1.72 bits per heavy atom. The summed E-state index contributed by atoms with van der Waals surface area (Å²) >= 11 is 0. The van der Waals surface area contributed by atoms with Crippen LogP contribution in [0, 0.1) is 19.3 Å². The number of nitrogens with one attached hydrogen (secondary N) is 1. The average molecular weight is 251 g/mol. The summed E-state index contributed by atoms with van der Waals surface area (Å²) in [6, 6.07) is 0.348. The van der Waals surface area contributed by atoms with Crippen molar-refractivity contribution in [2.24, 2.45) is 5.41 Å². The average Bonchev–Trinajstić information content (AvgIpc) is 2.22. The zero-order valence-electron chi connectivity index (χ0n) is 11.9. The molecule has 0 fully saturated rings. The predicted octanol–water partition coefficient (Wildman–Crippen LogP) is 2.48. The molecule has 0 unspecified atom stereocenters. The Morgan fingerprint density at radius 1 is 1.22 bits per heavy atom. The number of carbonyl (C=O) groups excluding carboxylic acids is 1. The van der Waals surface area contributed by atoms with E-state index in [2.05, 4.69) is 15.3 Å². The van der Waals surface area contributed by atoms with Gasteiger partial charge in [-0.3, -0.25) is 4.79 Å². The summed E-state index contributed by atoms with van der Waals surface area (Å²) in [7, 11) is 0. The molecule has 5 nitrogen and oxygen atoms in total.